The molecule has 0 saturated carbocycles. The van der Waals surface area contributed by atoms with E-state index in [4.69, 9.17) is 16.0 Å². The highest BCUT2D eigenvalue weighted by Crippen LogP contribution is 2.31. The summed E-state index contributed by atoms with van der Waals surface area (Å²) in [7, 11) is 0. The van der Waals surface area contributed by atoms with Crippen LogP contribution in [-0.4, -0.2) is 42.9 Å². The van der Waals surface area contributed by atoms with Gasteiger partial charge < -0.3 is 20.0 Å². The summed E-state index contributed by atoms with van der Waals surface area (Å²) in [5.41, 5.74) is 2.43. The molecular formula is C28H33Cl2N3O3. The van der Waals surface area contributed by atoms with Crippen molar-refractivity contribution in [3.63, 3.8) is 0 Å². The molecule has 1 aliphatic heterocycles. The number of halogens is 2. The highest BCUT2D eigenvalue weighted by molar-refractivity contribution is 6.33. The van der Waals surface area contributed by atoms with Crippen LogP contribution < -0.4 is 10.6 Å². The van der Waals surface area contributed by atoms with Crippen LogP contribution in [0.1, 0.15) is 53.4 Å². The van der Waals surface area contributed by atoms with E-state index in [9.17, 15) is 9.59 Å². The van der Waals surface area contributed by atoms with E-state index in [0.29, 0.717) is 54.6 Å². The second-order valence-electron chi connectivity index (χ2n) is 8.88. The Hall–Kier alpha value is -2.80. The topological polar surface area (TPSA) is 74.6 Å². The highest BCUT2D eigenvalue weighted by atomic mass is 35.5. The minimum Gasteiger partial charge on any atom is -0.460 e. The fourth-order valence-electron chi connectivity index (χ4n) is 4.43. The summed E-state index contributed by atoms with van der Waals surface area (Å²) >= 11 is 6.33. The molecule has 0 aliphatic carbocycles. The lowest BCUT2D eigenvalue weighted by Crippen LogP contribution is -2.35. The molecule has 1 aromatic heterocycles. The van der Waals surface area contributed by atoms with E-state index in [-0.39, 0.29) is 30.3 Å². The van der Waals surface area contributed by atoms with Gasteiger partial charge in [-0.2, -0.15) is 0 Å². The minimum absolute atomic E-state index is 0. The number of nitrogens with one attached hydrogen (secondary N) is 2. The van der Waals surface area contributed by atoms with Crippen LogP contribution in [-0.2, 0) is 4.79 Å². The SMILES string of the molecule is Cc1oc(-c2ccccc2Cl)cc1C(=O)N1CCCCNC(c2ccccc2)CC(=O)NCCC1.Cl. The maximum atomic E-state index is 13.5. The van der Waals surface area contributed by atoms with E-state index >= 15 is 0 Å². The van der Waals surface area contributed by atoms with Gasteiger partial charge in [0.05, 0.1) is 10.6 Å². The number of rotatable bonds is 3. The van der Waals surface area contributed by atoms with E-state index < -0.39 is 0 Å². The largest absolute Gasteiger partial charge is 0.460 e. The number of furan rings is 1. The van der Waals surface area contributed by atoms with Gasteiger partial charge in [0.1, 0.15) is 11.5 Å². The molecule has 2 heterocycles. The van der Waals surface area contributed by atoms with Crippen molar-refractivity contribution in [1.82, 2.24) is 15.5 Å². The molecule has 0 spiro atoms. The summed E-state index contributed by atoms with van der Waals surface area (Å²) < 4.78 is 5.92. The van der Waals surface area contributed by atoms with Gasteiger partial charge in [-0.05, 0) is 56.5 Å². The van der Waals surface area contributed by atoms with Crippen molar-refractivity contribution in [3.8, 4) is 11.3 Å². The third-order valence-electron chi connectivity index (χ3n) is 6.34. The fraction of sp³-hybridized carbons (Fsp3) is 0.357. The van der Waals surface area contributed by atoms with Gasteiger partial charge in [-0.1, -0.05) is 54.1 Å². The smallest absolute Gasteiger partial charge is 0.257 e. The number of hydrogen-bond donors (Lipinski definition) is 2. The Balaban J connectivity index is 0.00000361. The maximum Gasteiger partial charge on any atom is 0.257 e. The summed E-state index contributed by atoms with van der Waals surface area (Å²) in [5, 5.41) is 7.12. The lowest BCUT2D eigenvalue weighted by Gasteiger charge is -2.22. The molecule has 1 unspecified atom stereocenters. The second-order valence-corrected chi connectivity index (χ2v) is 9.29. The molecule has 6 nitrogen and oxygen atoms in total. The predicted octanol–water partition coefficient (Wildman–Crippen LogP) is 5.79. The zero-order valence-electron chi connectivity index (χ0n) is 20.5. The first-order chi connectivity index (χ1) is 17.0. The van der Waals surface area contributed by atoms with Crippen molar-refractivity contribution in [3.05, 3.63) is 82.6 Å². The van der Waals surface area contributed by atoms with Crippen molar-refractivity contribution in [1.29, 1.82) is 0 Å². The van der Waals surface area contributed by atoms with Gasteiger partial charge in [0.25, 0.3) is 5.91 Å². The molecule has 1 atom stereocenters. The summed E-state index contributed by atoms with van der Waals surface area (Å²) in [6, 6.07) is 19.3. The number of aryl methyl sites for hydroxylation is 1. The third kappa shape index (κ3) is 7.12. The average molecular weight is 530 g/mol. The quantitative estimate of drug-likeness (QED) is 0.450. The van der Waals surface area contributed by atoms with E-state index in [2.05, 4.69) is 10.6 Å². The second kappa shape index (κ2) is 13.5. The normalized spacial score (nSPS) is 17.7. The van der Waals surface area contributed by atoms with E-state index in [0.717, 1.165) is 30.5 Å². The van der Waals surface area contributed by atoms with Gasteiger partial charge >= 0.3 is 0 Å². The Morgan fingerprint density at radius 3 is 2.50 bits per heavy atom. The third-order valence-corrected chi connectivity index (χ3v) is 6.67. The first kappa shape index (κ1) is 27.8. The van der Waals surface area contributed by atoms with Crippen LogP contribution in [0, 0.1) is 6.92 Å². The zero-order chi connectivity index (χ0) is 24.6. The standard InChI is InChI=1S/C28H32ClN3O3.ClH/c1-20-23(18-26(35-20)22-12-5-6-13-24(22)29)28(34)32-16-8-7-14-30-25(21-10-3-2-4-11-21)19-27(33)31-15-9-17-32;/h2-6,10-13,18,25,30H,7-9,14-17,19H2,1H3,(H,31,33);1H. The van der Waals surface area contributed by atoms with Gasteiger partial charge in [-0.3, -0.25) is 9.59 Å². The lowest BCUT2D eigenvalue weighted by molar-refractivity contribution is -0.121. The highest BCUT2D eigenvalue weighted by Gasteiger charge is 2.23. The van der Waals surface area contributed by atoms with Gasteiger partial charge in [-0.15, -0.1) is 12.4 Å². The van der Waals surface area contributed by atoms with E-state index in [1.165, 1.54) is 0 Å². The van der Waals surface area contributed by atoms with Gasteiger partial charge in [0.2, 0.25) is 5.91 Å². The first-order valence-corrected chi connectivity index (χ1v) is 12.6. The molecule has 2 amide bonds. The molecule has 8 heteroatoms. The summed E-state index contributed by atoms with van der Waals surface area (Å²) in [6.07, 6.45) is 2.86. The number of benzene rings is 2. The summed E-state index contributed by atoms with van der Waals surface area (Å²) in [5.74, 6) is 1.12. The van der Waals surface area contributed by atoms with E-state index in [1.807, 2.05) is 60.4 Å². The van der Waals surface area contributed by atoms with Crippen molar-refractivity contribution in [2.24, 2.45) is 0 Å². The van der Waals surface area contributed by atoms with Crippen molar-refractivity contribution >= 4 is 35.8 Å². The molecule has 0 bridgehead atoms. The van der Waals surface area contributed by atoms with Crippen LogP contribution >= 0.6 is 24.0 Å². The molecule has 36 heavy (non-hydrogen) atoms. The molecule has 0 radical (unpaired) electrons. The minimum atomic E-state index is -0.0547. The average Bonchev–Trinajstić information content (AvgIpc) is 3.26. The lowest BCUT2D eigenvalue weighted by atomic mass is 10.0. The molecule has 2 N–H and O–H groups in total. The van der Waals surface area contributed by atoms with Gasteiger partial charge in [-0.25, -0.2) is 0 Å². The number of hydrogen-bond acceptors (Lipinski definition) is 4. The van der Waals surface area contributed by atoms with Crippen LogP contribution in [0.25, 0.3) is 11.3 Å². The molecule has 1 saturated heterocycles. The van der Waals surface area contributed by atoms with Crippen LogP contribution in [0.15, 0.2) is 65.1 Å². The van der Waals surface area contributed by atoms with Crippen LogP contribution in [0.4, 0.5) is 0 Å². The molecule has 3 aromatic rings. The molecular weight excluding hydrogens is 497 g/mol. The number of nitrogens with zero attached hydrogens (tertiary/aromatic N) is 1. The van der Waals surface area contributed by atoms with Gasteiger partial charge in [0, 0.05) is 37.7 Å². The molecule has 192 valence electrons. The van der Waals surface area contributed by atoms with Crippen molar-refractivity contribution in [2.75, 3.05) is 26.2 Å². The Morgan fingerprint density at radius 1 is 1.00 bits per heavy atom. The molecule has 1 fully saturated rings. The zero-order valence-corrected chi connectivity index (χ0v) is 22.0. The monoisotopic (exact) mass is 529 g/mol. The fourth-order valence-corrected chi connectivity index (χ4v) is 4.65. The van der Waals surface area contributed by atoms with Gasteiger partial charge in [0.15, 0.2) is 0 Å². The Morgan fingerprint density at radius 2 is 1.72 bits per heavy atom. The molecule has 4 rings (SSSR count). The summed E-state index contributed by atoms with van der Waals surface area (Å²) in [4.78, 5) is 27.9. The number of amides is 2. The number of carbonyl (C=O) groups is 2. The maximum absolute atomic E-state index is 13.5. The number of carbonyl (C=O) groups excluding carboxylic acids is 2. The Kier molecular flexibility index (Phi) is 10.4. The van der Waals surface area contributed by atoms with Crippen LogP contribution in [0.3, 0.4) is 0 Å². The Labute approximate surface area is 223 Å². The molecule has 1 aliphatic rings. The van der Waals surface area contributed by atoms with Crippen molar-refractivity contribution in [2.45, 2.75) is 38.6 Å². The van der Waals surface area contributed by atoms with E-state index in [1.54, 1.807) is 12.1 Å². The van der Waals surface area contributed by atoms with Crippen molar-refractivity contribution < 1.29 is 14.0 Å². The molecule has 2 aromatic carbocycles. The Bertz CT molecular complexity index is 1150. The van der Waals surface area contributed by atoms with Crippen LogP contribution in [0.5, 0.6) is 0 Å². The predicted molar refractivity (Wildman–Crippen MR) is 146 cm³/mol. The van der Waals surface area contributed by atoms with Crippen LogP contribution in [0.2, 0.25) is 5.02 Å². The first-order valence-electron chi connectivity index (χ1n) is 12.2. The summed E-state index contributed by atoms with van der Waals surface area (Å²) in [6.45, 7) is 4.33.